The number of aromatic nitrogens is 3. The van der Waals surface area contributed by atoms with Crippen molar-refractivity contribution < 1.29 is 4.79 Å². The summed E-state index contributed by atoms with van der Waals surface area (Å²) >= 11 is 1.74. The van der Waals surface area contributed by atoms with Crippen LogP contribution in [0.2, 0.25) is 0 Å². The maximum absolute atomic E-state index is 11.9. The largest absolute Gasteiger partial charge is 0.352 e. The van der Waals surface area contributed by atoms with E-state index in [-0.39, 0.29) is 5.91 Å². The molecule has 0 saturated heterocycles. The van der Waals surface area contributed by atoms with Crippen LogP contribution >= 0.6 is 11.3 Å². The maximum atomic E-state index is 11.9. The normalized spacial score (nSPS) is 10.6. The van der Waals surface area contributed by atoms with Gasteiger partial charge >= 0.3 is 0 Å². The fourth-order valence-corrected chi connectivity index (χ4v) is 2.99. The number of imidazole rings is 1. The molecule has 0 bridgehead atoms. The van der Waals surface area contributed by atoms with Crippen LogP contribution in [0.5, 0.6) is 0 Å². The summed E-state index contributed by atoms with van der Waals surface area (Å²) in [6.07, 6.45) is 9.44. The topological polar surface area (TPSA) is 59.8 Å². The number of pyridine rings is 1. The van der Waals surface area contributed by atoms with Crippen LogP contribution in [-0.4, -0.2) is 20.4 Å². The van der Waals surface area contributed by atoms with Gasteiger partial charge in [0.25, 0.3) is 0 Å². The van der Waals surface area contributed by atoms with E-state index in [4.69, 9.17) is 0 Å². The number of amides is 1. The van der Waals surface area contributed by atoms with Crippen molar-refractivity contribution in [2.75, 3.05) is 0 Å². The molecule has 0 unspecified atom stereocenters. The van der Waals surface area contributed by atoms with E-state index < -0.39 is 0 Å². The van der Waals surface area contributed by atoms with Gasteiger partial charge in [-0.15, -0.1) is 11.3 Å². The number of thiophene rings is 1. The van der Waals surface area contributed by atoms with Gasteiger partial charge < -0.3 is 5.32 Å². The van der Waals surface area contributed by atoms with Crippen LogP contribution < -0.4 is 5.32 Å². The van der Waals surface area contributed by atoms with Crippen molar-refractivity contribution in [2.24, 2.45) is 0 Å². The summed E-state index contributed by atoms with van der Waals surface area (Å²) in [6.45, 7) is 0.509. The van der Waals surface area contributed by atoms with E-state index in [1.54, 1.807) is 30.1 Å². The van der Waals surface area contributed by atoms with E-state index in [0.29, 0.717) is 13.0 Å². The summed E-state index contributed by atoms with van der Waals surface area (Å²) in [5, 5.41) is 5.00. The summed E-state index contributed by atoms with van der Waals surface area (Å²) < 4.78 is 1.84. The van der Waals surface area contributed by atoms with Crippen LogP contribution in [0.25, 0.3) is 5.82 Å². The van der Waals surface area contributed by atoms with Crippen molar-refractivity contribution in [3.8, 4) is 5.82 Å². The number of rotatable bonds is 7. The molecule has 0 aliphatic heterocycles. The molecule has 3 heterocycles. The predicted molar refractivity (Wildman–Crippen MR) is 90.5 cm³/mol. The Bertz CT molecular complexity index is 721. The van der Waals surface area contributed by atoms with Crippen LogP contribution in [0.4, 0.5) is 0 Å². The van der Waals surface area contributed by atoms with Gasteiger partial charge in [-0.1, -0.05) is 12.1 Å². The molecule has 0 aromatic carbocycles. The van der Waals surface area contributed by atoms with Crippen LogP contribution in [0, 0.1) is 0 Å². The second-order valence-electron chi connectivity index (χ2n) is 5.20. The van der Waals surface area contributed by atoms with Crippen LogP contribution in [0.15, 0.2) is 54.6 Å². The molecule has 1 amide bonds. The van der Waals surface area contributed by atoms with E-state index in [1.807, 2.05) is 29.0 Å². The Morgan fingerprint density at radius 2 is 2.26 bits per heavy atom. The highest BCUT2D eigenvalue weighted by Crippen LogP contribution is 2.12. The summed E-state index contributed by atoms with van der Waals surface area (Å²) in [5.41, 5.74) is 0.987. The molecule has 3 aromatic rings. The monoisotopic (exact) mass is 326 g/mol. The number of aryl methyl sites for hydroxylation is 1. The Kier molecular flexibility index (Phi) is 5.16. The van der Waals surface area contributed by atoms with Gasteiger partial charge in [-0.25, -0.2) is 9.97 Å². The molecular formula is C17H18N4OS. The molecule has 0 fully saturated rings. The van der Waals surface area contributed by atoms with Crippen molar-refractivity contribution in [1.29, 1.82) is 0 Å². The number of hydrogen-bond donors (Lipinski definition) is 1. The molecule has 118 valence electrons. The summed E-state index contributed by atoms with van der Waals surface area (Å²) in [6, 6.07) is 8.03. The molecule has 0 atom stereocenters. The molecule has 6 heteroatoms. The second-order valence-corrected chi connectivity index (χ2v) is 6.24. The van der Waals surface area contributed by atoms with E-state index in [9.17, 15) is 4.79 Å². The molecule has 0 saturated carbocycles. The average molecular weight is 326 g/mol. The lowest BCUT2D eigenvalue weighted by Gasteiger charge is -2.06. The minimum absolute atomic E-state index is 0.0836. The third-order valence-corrected chi connectivity index (χ3v) is 4.41. The minimum atomic E-state index is 0.0836. The van der Waals surface area contributed by atoms with Crippen molar-refractivity contribution in [1.82, 2.24) is 19.9 Å². The molecule has 1 N–H and O–H groups in total. The van der Waals surface area contributed by atoms with Crippen LogP contribution in [0.1, 0.15) is 23.3 Å². The first kappa shape index (κ1) is 15.4. The zero-order valence-corrected chi connectivity index (χ0v) is 13.5. The van der Waals surface area contributed by atoms with Crippen LogP contribution in [-0.2, 0) is 17.8 Å². The Morgan fingerprint density at radius 3 is 2.96 bits per heavy atom. The first-order valence-electron chi connectivity index (χ1n) is 7.53. The highest BCUT2D eigenvalue weighted by atomic mass is 32.1. The van der Waals surface area contributed by atoms with E-state index in [1.165, 1.54) is 4.88 Å². The number of carbonyl (C=O) groups is 1. The number of nitrogens with zero attached hydrogens (tertiary/aromatic N) is 3. The lowest BCUT2D eigenvalue weighted by atomic mass is 10.2. The number of hydrogen-bond acceptors (Lipinski definition) is 4. The van der Waals surface area contributed by atoms with Gasteiger partial charge in [0.2, 0.25) is 5.91 Å². The van der Waals surface area contributed by atoms with Crippen LogP contribution in [0.3, 0.4) is 0 Å². The average Bonchev–Trinajstić information content (AvgIpc) is 3.27. The molecule has 5 nitrogen and oxygen atoms in total. The lowest BCUT2D eigenvalue weighted by Crippen LogP contribution is -2.22. The predicted octanol–water partition coefficient (Wildman–Crippen LogP) is 2.97. The minimum Gasteiger partial charge on any atom is -0.352 e. The van der Waals surface area contributed by atoms with Gasteiger partial charge in [0, 0.05) is 36.4 Å². The van der Waals surface area contributed by atoms with Gasteiger partial charge in [-0.2, -0.15) is 0 Å². The van der Waals surface area contributed by atoms with Crippen molar-refractivity contribution in [2.45, 2.75) is 25.8 Å². The first-order chi connectivity index (χ1) is 11.3. The molecule has 0 radical (unpaired) electrons. The molecule has 0 spiro atoms. The quantitative estimate of drug-likeness (QED) is 0.726. The number of nitrogens with one attached hydrogen (secondary N) is 1. The summed E-state index contributed by atoms with van der Waals surface area (Å²) in [7, 11) is 0. The highest BCUT2D eigenvalue weighted by Gasteiger charge is 2.03. The number of carbonyl (C=O) groups excluding carboxylic acids is 1. The smallest absolute Gasteiger partial charge is 0.220 e. The Labute approximate surface area is 139 Å². The zero-order valence-electron chi connectivity index (χ0n) is 12.7. The third kappa shape index (κ3) is 4.50. The maximum Gasteiger partial charge on any atom is 0.220 e. The summed E-state index contributed by atoms with van der Waals surface area (Å²) in [4.78, 5) is 21.6. The van der Waals surface area contributed by atoms with E-state index in [2.05, 4.69) is 26.7 Å². The highest BCUT2D eigenvalue weighted by molar-refractivity contribution is 7.09. The van der Waals surface area contributed by atoms with E-state index >= 15 is 0 Å². The van der Waals surface area contributed by atoms with Gasteiger partial charge in [0.1, 0.15) is 12.1 Å². The molecular weight excluding hydrogens is 308 g/mol. The van der Waals surface area contributed by atoms with Gasteiger partial charge in [-0.05, 0) is 35.9 Å². The van der Waals surface area contributed by atoms with Gasteiger partial charge in [0.15, 0.2) is 0 Å². The molecule has 0 aliphatic carbocycles. The van der Waals surface area contributed by atoms with Crippen molar-refractivity contribution in [3.63, 3.8) is 0 Å². The second kappa shape index (κ2) is 7.69. The SMILES string of the molecule is O=C(CCCc1cccs1)NCc1ccc(-n2ccnc2)nc1. The molecule has 23 heavy (non-hydrogen) atoms. The Morgan fingerprint density at radius 1 is 1.30 bits per heavy atom. The van der Waals surface area contributed by atoms with Gasteiger partial charge in [0.05, 0.1) is 0 Å². The third-order valence-electron chi connectivity index (χ3n) is 3.47. The van der Waals surface area contributed by atoms with Crippen molar-refractivity contribution in [3.05, 3.63) is 65.0 Å². The fraction of sp³-hybridized carbons (Fsp3) is 0.235. The summed E-state index contributed by atoms with van der Waals surface area (Å²) in [5.74, 6) is 0.897. The molecule has 3 aromatic heterocycles. The van der Waals surface area contributed by atoms with Crippen molar-refractivity contribution >= 4 is 17.2 Å². The lowest BCUT2D eigenvalue weighted by molar-refractivity contribution is -0.121. The molecule has 0 aliphatic rings. The standard InChI is InChI=1S/C17H18N4OS/c22-17(5-1-3-15-4-2-10-23-15)20-12-14-6-7-16(19-11-14)21-9-8-18-13-21/h2,4,6-11,13H,1,3,5,12H2,(H,20,22). The molecule has 3 rings (SSSR count). The Balaban J connectivity index is 1.42. The Hall–Kier alpha value is -2.47. The first-order valence-corrected chi connectivity index (χ1v) is 8.41. The van der Waals surface area contributed by atoms with Gasteiger partial charge in [-0.3, -0.25) is 9.36 Å². The fourth-order valence-electron chi connectivity index (χ4n) is 2.24. The van der Waals surface area contributed by atoms with E-state index in [0.717, 1.165) is 24.2 Å². The zero-order chi connectivity index (χ0) is 15.9.